The number of nitrogens with zero attached hydrogens (tertiary/aromatic N) is 2. The van der Waals surface area contributed by atoms with Crippen LogP contribution in [0.4, 0.5) is 5.82 Å². The Hall–Kier alpha value is -2.10. The Morgan fingerprint density at radius 3 is 2.65 bits per heavy atom. The van der Waals surface area contributed by atoms with E-state index in [1.807, 2.05) is 0 Å². The molecule has 0 aliphatic carbocycles. The molecule has 0 amide bonds. The van der Waals surface area contributed by atoms with E-state index in [9.17, 15) is 0 Å². The summed E-state index contributed by atoms with van der Waals surface area (Å²) in [5.74, 6) is 0.879. The number of hydrogen-bond donors (Lipinski definition) is 1. The number of anilines is 1. The molecule has 0 aliphatic rings. The monoisotopic (exact) mass is 229 g/mol. The van der Waals surface area contributed by atoms with Crippen molar-refractivity contribution in [1.29, 1.82) is 0 Å². The van der Waals surface area contributed by atoms with Gasteiger partial charge in [0.2, 0.25) is 5.88 Å². The molecule has 1 heterocycles. The van der Waals surface area contributed by atoms with Crippen molar-refractivity contribution in [3.05, 3.63) is 47.0 Å². The molecule has 2 N–H and O–H groups in total. The summed E-state index contributed by atoms with van der Waals surface area (Å²) in [4.78, 5) is 0. The van der Waals surface area contributed by atoms with Crippen LogP contribution < -0.4 is 10.5 Å². The van der Waals surface area contributed by atoms with Crippen LogP contribution in [0.1, 0.15) is 16.7 Å². The first-order valence-electron chi connectivity index (χ1n) is 5.43. The third-order valence-corrected chi connectivity index (χ3v) is 2.54. The van der Waals surface area contributed by atoms with Crippen LogP contribution in [0, 0.1) is 13.8 Å². The highest BCUT2D eigenvalue weighted by molar-refractivity contribution is 5.31. The number of rotatable bonds is 3. The van der Waals surface area contributed by atoms with Crippen LogP contribution in [0.25, 0.3) is 0 Å². The van der Waals surface area contributed by atoms with Crippen molar-refractivity contribution in [2.75, 3.05) is 5.73 Å². The lowest BCUT2D eigenvalue weighted by Gasteiger charge is -2.08. The second-order valence-corrected chi connectivity index (χ2v) is 4.02. The van der Waals surface area contributed by atoms with Gasteiger partial charge in [-0.05, 0) is 31.0 Å². The van der Waals surface area contributed by atoms with E-state index in [1.54, 1.807) is 12.1 Å². The Morgan fingerprint density at radius 1 is 1.12 bits per heavy atom. The van der Waals surface area contributed by atoms with E-state index < -0.39 is 0 Å². The fraction of sp³-hybridized carbons (Fsp3) is 0.231. The van der Waals surface area contributed by atoms with Gasteiger partial charge in [0, 0.05) is 6.07 Å². The topological polar surface area (TPSA) is 61.0 Å². The molecule has 2 aromatic rings. The summed E-state index contributed by atoms with van der Waals surface area (Å²) < 4.78 is 5.55. The summed E-state index contributed by atoms with van der Waals surface area (Å²) in [6.07, 6.45) is 0. The molecule has 0 radical (unpaired) electrons. The molecule has 0 unspecified atom stereocenters. The average molecular weight is 229 g/mol. The summed E-state index contributed by atoms with van der Waals surface area (Å²) in [7, 11) is 0. The standard InChI is InChI=1S/C13H15N3O/c1-9-3-4-10(2)11(7-9)8-17-13-6-5-12(14)15-16-13/h3-7H,8H2,1-2H3,(H2,14,15). The summed E-state index contributed by atoms with van der Waals surface area (Å²) in [5, 5.41) is 7.58. The molecule has 1 aromatic carbocycles. The highest BCUT2D eigenvalue weighted by Gasteiger charge is 2.01. The lowest BCUT2D eigenvalue weighted by molar-refractivity contribution is 0.289. The minimum atomic E-state index is 0.393. The van der Waals surface area contributed by atoms with Crippen LogP contribution in [-0.4, -0.2) is 10.2 Å². The maximum absolute atomic E-state index is 5.55. The molecule has 0 fully saturated rings. The van der Waals surface area contributed by atoms with Gasteiger partial charge in [-0.15, -0.1) is 10.2 Å². The first kappa shape index (κ1) is 11.4. The van der Waals surface area contributed by atoms with Crippen molar-refractivity contribution < 1.29 is 4.74 Å². The zero-order valence-electron chi connectivity index (χ0n) is 9.97. The first-order valence-corrected chi connectivity index (χ1v) is 5.43. The van der Waals surface area contributed by atoms with Gasteiger partial charge in [0.05, 0.1) is 0 Å². The molecule has 0 atom stereocenters. The summed E-state index contributed by atoms with van der Waals surface area (Å²) in [6.45, 7) is 4.62. The van der Waals surface area contributed by atoms with Crippen molar-refractivity contribution >= 4 is 5.82 Å². The minimum absolute atomic E-state index is 0.393. The van der Waals surface area contributed by atoms with Crippen molar-refractivity contribution in [1.82, 2.24) is 10.2 Å². The number of benzene rings is 1. The van der Waals surface area contributed by atoms with E-state index in [2.05, 4.69) is 42.2 Å². The normalized spacial score (nSPS) is 10.2. The number of hydrogen-bond acceptors (Lipinski definition) is 4. The number of nitrogens with two attached hydrogens (primary N) is 1. The van der Waals surface area contributed by atoms with E-state index in [0.29, 0.717) is 18.3 Å². The lowest BCUT2D eigenvalue weighted by Crippen LogP contribution is -2.01. The smallest absolute Gasteiger partial charge is 0.233 e. The highest BCUT2D eigenvalue weighted by atomic mass is 16.5. The van der Waals surface area contributed by atoms with Crippen molar-refractivity contribution in [2.24, 2.45) is 0 Å². The molecular weight excluding hydrogens is 214 g/mol. The lowest BCUT2D eigenvalue weighted by atomic mass is 10.1. The molecule has 0 bridgehead atoms. The van der Waals surface area contributed by atoms with E-state index in [-0.39, 0.29) is 0 Å². The van der Waals surface area contributed by atoms with Gasteiger partial charge in [0.15, 0.2) is 0 Å². The SMILES string of the molecule is Cc1ccc(C)c(COc2ccc(N)nn2)c1. The predicted molar refractivity (Wildman–Crippen MR) is 66.7 cm³/mol. The zero-order valence-corrected chi connectivity index (χ0v) is 9.97. The first-order chi connectivity index (χ1) is 8.15. The van der Waals surface area contributed by atoms with Gasteiger partial charge >= 0.3 is 0 Å². The molecule has 2 rings (SSSR count). The molecule has 1 aromatic heterocycles. The van der Waals surface area contributed by atoms with Gasteiger partial charge in [-0.3, -0.25) is 0 Å². The van der Waals surface area contributed by atoms with Crippen LogP contribution >= 0.6 is 0 Å². The van der Waals surface area contributed by atoms with Gasteiger partial charge < -0.3 is 10.5 Å². The third-order valence-electron chi connectivity index (χ3n) is 2.54. The molecule has 0 saturated carbocycles. The van der Waals surface area contributed by atoms with Crippen LogP contribution in [-0.2, 0) is 6.61 Å². The third kappa shape index (κ3) is 2.93. The van der Waals surface area contributed by atoms with Gasteiger partial charge in [-0.2, -0.15) is 0 Å². The molecule has 0 spiro atoms. The second-order valence-electron chi connectivity index (χ2n) is 4.02. The summed E-state index contributed by atoms with van der Waals surface area (Å²) >= 11 is 0. The van der Waals surface area contributed by atoms with E-state index in [0.717, 1.165) is 5.56 Å². The fourth-order valence-electron chi connectivity index (χ4n) is 1.51. The van der Waals surface area contributed by atoms with Gasteiger partial charge in [-0.1, -0.05) is 23.8 Å². The van der Waals surface area contributed by atoms with Crippen molar-refractivity contribution in [2.45, 2.75) is 20.5 Å². The van der Waals surface area contributed by atoms with Crippen LogP contribution in [0.15, 0.2) is 30.3 Å². The maximum Gasteiger partial charge on any atom is 0.233 e. The quantitative estimate of drug-likeness (QED) is 0.876. The molecular formula is C13H15N3O. The Kier molecular flexibility index (Phi) is 3.23. The number of ether oxygens (including phenoxy) is 1. The van der Waals surface area contributed by atoms with Gasteiger partial charge in [0.1, 0.15) is 12.4 Å². The zero-order chi connectivity index (χ0) is 12.3. The minimum Gasteiger partial charge on any atom is -0.472 e. The molecule has 0 aliphatic heterocycles. The molecule has 4 nitrogen and oxygen atoms in total. The van der Waals surface area contributed by atoms with Crippen LogP contribution in [0.2, 0.25) is 0 Å². The van der Waals surface area contributed by atoms with Crippen LogP contribution in [0.3, 0.4) is 0 Å². The average Bonchev–Trinajstić information content (AvgIpc) is 2.32. The van der Waals surface area contributed by atoms with Crippen molar-refractivity contribution in [3.63, 3.8) is 0 Å². The summed E-state index contributed by atoms with van der Waals surface area (Å²) in [6, 6.07) is 9.67. The largest absolute Gasteiger partial charge is 0.472 e. The Morgan fingerprint density at radius 2 is 1.94 bits per heavy atom. The highest BCUT2D eigenvalue weighted by Crippen LogP contribution is 2.14. The summed E-state index contributed by atoms with van der Waals surface area (Å²) in [5.41, 5.74) is 9.03. The fourth-order valence-corrected chi connectivity index (χ4v) is 1.51. The second kappa shape index (κ2) is 4.82. The molecule has 4 heteroatoms. The number of aryl methyl sites for hydroxylation is 2. The Bertz CT molecular complexity index is 509. The van der Waals surface area contributed by atoms with Gasteiger partial charge in [-0.25, -0.2) is 0 Å². The maximum atomic E-state index is 5.55. The van der Waals surface area contributed by atoms with E-state index in [1.165, 1.54) is 11.1 Å². The predicted octanol–water partition coefficient (Wildman–Crippen LogP) is 2.25. The Balaban J connectivity index is 2.07. The number of aromatic nitrogens is 2. The molecule has 88 valence electrons. The van der Waals surface area contributed by atoms with E-state index in [4.69, 9.17) is 10.5 Å². The number of nitrogen functional groups attached to an aromatic ring is 1. The van der Waals surface area contributed by atoms with Crippen LogP contribution in [0.5, 0.6) is 5.88 Å². The molecule has 0 saturated heterocycles. The van der Waals surface area contributed by atoms with Gasteiger partial charge in [0.25, 0.3) is 0 Å². The Labute approximate surface area is 100 Å². The van der Waals surface area contributed by atoms with Crippen molar-refractivity contribution in [3.8, 4) is 5.88 Å². The van der Waals surface area contributed by atoms with E-state index >= 15 is 0 Å². The molecule has 17 heavy (non-hydrogen) atoms.